The van der Waals surface area contributed by atoms with E-state index in [4.69, 9.17) is 4.52 Å². The van der Waals surface area contributed by atoms with E-state index in [0.717, 1.165) is 5.56 Å². The molecule has 1 aromatic carbocycles. The van der Waals surface area contributed by atoms with Gasteiger partial charge in [0, 0.05) is 26.0 Å². The van der Waals surface area contributed by atoms with Gasteiger partial charge in [0.2, 0.25) is 11.8 Å². The number of nitrogens with one attached hydrogen (secondary N) is 1. The minimum Gasteiger partial charge on any atom is -0.360 e. The first-order chi connectivity index (χ1) is 11.0. The Bertz CT molecular complexity index is 667. The normalized spacial score (nSPS) is 11.8. The second-order valence-corrected chi connectivity index (χ2v) is 5.42. The summed E-state index contributed by atoms with van der Waals surface area (Å²) in [5.41, 5.74) is 1.04. The topological polar surface area (TPSA) is 75.4 Å². The molecule has 0 fully saturated rings. The maximum absolute atomic E-state index is 12.1. The standard InChI is InChI=1S/C17H21N3O3/c1-12-11-16(19-23-12)20(14(3)21)10-9-17(22)18-13(2)15-7-5-4-6-8-15/h4-8,11,13H,9-10H2,1-3H3,(H,18,22). The van der Waals surface area contributed by atoms with Gasteiger partial charge in [-0.05, 0) is 19.4 Å². The molecule has 2 amide bonds. The molecule has 6 heteroatoms. The number of hydrogen-bond acceptors (Lipinski definition) is 4. The predicted octanol–water partition coefficient (Wildman–Crippen LogP) is 2.60. The van der Waals surface area contributed by atoms with Crippen LogP contribution in [0.4, 0.5) is 5.82 Å². The third-order valence-corrected chi connectivity index (χ3v) is 3.51. The average Bonchev–Trinajstić information content (AvgIpc) is 2.94. The van der Waals surface area contributed by atoms with Crippen molar-refractivity contribution in [3.05, 3.63) is 47.7 Å². The summed E-state index contributed by atoms with van der Waals surface area (Å²) in [7, 11) is 0. The molecule has 0 aliphatic carbocycles. The maximum Gasteiger partial charge on any atom is 0.225 e. The number of carbonyl (C=O) groups is 2. The van der Waals surface area contributed by atoms with Crippen LogP contribution in [0.25, 0.3) is 0 Å². The number of amides is 2. The first kappa shape index (κ1) is 16.7. The number of rotatable bonds is 6. The lowest BCUT2D eigenvalue weighted by Crippen LogP contribution is -2.34. The Balaban J connectivity index is 1.90. The van der Waals surface area contributed by atoms with E-state index < -0.39 is 0 Å². The predicted molar refractivity (Wildman–Crippen MR) is 86.9 cm³/mol. The molecule has 0 spiro atoms. The fourth-order valence-corrected chi connectivity index (χ4v) is 2.27. The monoisotopic (exact) mass is 315 g/mol. The van der Waals surface area contributed by atoms with Gasteiger partial charge in [0.1, 0.15) is 5.76 Å². The summed E-state index contributed by atoms with van der Waals surface area (Å²) in [6.45, 7) is 5.38. The van der Waals surface area contributed by atoms with E-state index >= 15 is 0 Å². The molecule has 1 N–H and O–H groups in total. The van der Waals surface area contributed by atoms with Crippen molar-refractivity contribution < 1.29 is 14.1 Å². The molecule has 2 aromatic rings. The molecular formula is C17H21N3O3. The van der Waals surface area contributed by atoms with E-state index in [9.17, 15) is 9.59 Å². The van der Waals surface area contributed by atoms with Gasteiger partial charge in [-0.1, -0.05) is 35.5 Å². The molecule has 0 saturated carbocycles. The summed E-state index contributed by atoms with van der Waals surface area (Å²) >= 11 is 0. The molecule has 23 heavy (non-hydrogen) atoms. The van der Waals surface area contributed by atoms with Gasteiger partial charge in [-0.25, -0.2) is 0 Å². The number of benzene rings is 1. The summed E-state index contributed by atoms with van der Waals surface area (Å²) < 4.78 is 4.98. The zero-order valence-electron chi connectivity index (χ0n) is 13.6. The summed E-state index contributed by atoms with van der Waals surface area (Å²) in [5.74, 6) is 0.752. The number of aromatic nitrogens is 1. The van der Waals surface area contributed by atoms with Crippen molar-refractivity contribution in [1.29, 1.82) is 0 Å². The molecule has 2 rings (SSSR count). The lowest BCUT2D eigenvalue weighted by Gasteiger charge is -2.19. The highest BCUT2D eigenvalue weighted by Crippen LogP contribution is 2.15. The van der Waals surface area contributed by atoms with Crippen LogP contribution in [0, 0.1) is 6.92 Å². The lowest BCUT2D eigenvalue weighted by molar-refractivity contribution is -0.121. The molecular weight excluding hydrogens is 294 g/mol. The van der Waals surface area contributed by atoms with E-state index in [1.165, 1.54) is 11.8 Å². The third-order valence-electron chi connectivity index (χ3n) is 3.51. The van der Waals surface area contributed by atoms with Crippen LogP contribution in [0.3, 0.4) is 0 Å². The molecule has 1 atom stereocenters. The zero-order valence-corrected chi connectivity index (χ0v) is 13.6. The van der Waals surface area contributed by atoms with Crippen molar-refractivity contribution in [2.75, 3.05) is 11.4 Å². The minimum absolute atomic E-state index is 0.0798. The van der Waals surface area contributed by atoms with Gasteiger partial charge in [-0.2, -0.15) is 0 Å². The van der Waals surface area contributed by atoms with E-state index in [1.54, 1.807) is 13.0 Å². The van der Waals surface area contributed by atoms with Crippen molar-refractivity contribution in [1.82, 2.24) is 10.5 Å². The molecule has 0 saturated heterocycles. The van der Waals surface area contributed by atoms with Crippen LogP contribution < -0.4 is 10.2 Å². The highest BCUT2D eigenvalue weighted by Gasteiger charge is 2.17. The molecule has 1 aromatic heterocycles. The SMILES string of the molecule is CC(=O)N(CCC(=O)NC(C)c1ccccc1)c1cc(C)on1. The molecule has 122 valence electrons. The maximum atomic E-state index is 12.1. The molecule has 6 nitrogen and oxygen atoms in total. The third kappa shape index (κ3) is 4.67. The van der Waals surface area contributed by atoms with Gasteiger partial charge >= 0.3 is 0 Å². The highest BCUT2D eigenvalue weighted by molar-refractivity contribution is 5.91. The van der Waals surface area contributed by atoms with Crippen LogP contribution in [0.2, 0.25) is 0 Å². The van der Waals surface area contributed by atoms with Crippen LogP contribution in [-0.4, -0.2) is 23.5 Å². The van der Waals surface area contributed by atoms with E-state index in [2.05, 4.69) is 10.5 Å². The molecule has 0 aliphatic heterocycles. The lowest BCUT2D eigenvalue weighted by atomic mass is 10.1. The van der Waals surface area contributed by atoms with Gasteiger partial charge in [0.15, 0.2) is 5.82 Å². The van der Waals surface area contributed by atoms with E-state index in [1.807, 2.05) is 37.3 Å². The van der Waals surface area contributed by atoms with Crippen LogP contribution in [0.5, 0.6) is 0 Å². The first-order valence-electron chi connectivity index (χ1n) is 7.53. The molecule has 0 aliphatic rings. The van der Waals surface area contributed by atoms with Gasteiger partial charge in [0.25, 0.3) is 0 Å². The Hall–Kier alpha value is -2.63. The quantitative estimate of drug-likeness (QED) is 0.889. The highest BCUT2D eigenvalue weighted by atomic mass is 16.5. The molecule has 0 bridgehead atoms. The number of nitrogens with zero attached hydrogens (tertiary/aromatic N) is 2. The van der Waals surface area contributed by atoms with Crippen molar-refractivity contribution in [2.45, 2.75) is 33.2 Å². The van der Waals surface area contributed by atoms with Crippen LogP contribution in [-0.2, 0) is 9.59 Å². The van der Waals surface area contributed by atoms with Crippen LogP contribution in [0.1, 0.15) is 37.6 Å². The van der Waals surface area contributed by atoms with Crippen molar-refractivity contribution in [3.63, 3.8) is 0 Å². The Morgan fingerprint density at radius 3 is 2.57 bits per heavy atom. The Kier molecular flexibility index (Phi) is 5.51. The molecule has 0 radical (unpaired) electrons. The Morgan fingerprint density at radius 2 is 2.00 bits per heavy atom. The second-order valence-electron chi connectivity index (χ2n) is 5.42. The Labute approximate surface area is 135 Å². The summed E-state index contributed by atoms with van der Waals surface area (Å²) in [4.78, 5) is 25.3. The fourth-order valence-electron chi connectivity index (χ4n) is 2.27. The van der Waals surface area contributed by atoms with Crippen molar-refractivity contribution >= 4 is 17.6 Å². The van der Waals surface area contributed by atoms with Gasteiger partial charge in [-0.15, -0.1) is 0 Å². The van der Waals surface area contributed by atoms with Crippen molar-refractivity contribution in [3.8, 4) is 0 Å². The van der Waals surface area contributed by atoms with Crippen LogP contribution >= 0.6 is 0 Å². The second kappa shape index (κ2) is 7.58. The van der Waals surface area contributed by atoms with Gasteiger partial charge in [-0.3, -0.25) is 14.5 Å². The number of hydrogen-bond donors (Lipinski definition) is 1. The Morgan fingerprint density at radius 1 is 1.30 bits per heavy atom. The smallest absolute Gasteiger partial charge is 0.225 e. The van der Waals surface area contributed by atoms with Crippen molar-refractivity contribution in [2.24, 2.45) is 0 Å². The molecule has 1 unspecified atom stereocenters. The minimum atomic E-state index is -0.179. The van der Waals surface area contributed by atoms with Gasteiger partial charge < -0.3 is 9.84 Å². The van der Waals surface area contributed by atoms with E-state index in [0.29, 0.717) is 11.6 Å². The largest absolute Gasteiger partial charge is 0.360 e. The number of anilines is 1. The summed E-state index contributed by atoms with van der Waals surface area (Å²) in [6.07, 6.45) is 0.197. The fraction of sp³-hybridized carbons (Fsp3) is 0.353. The van der Waals surface area contributed by atoms with Gasteiger partial charge in [0.05, 0.1) is 6.04 Å². The zero-order chi connectivity index (χ0) is 16.8. The van der Waals surface area contributed by atoms with E-state index in [-0.39, 0.29) is 30.8 Å². The number of carbonyl (C=O) groups excluding carboxylic acids is 2. The molecule has 1 heterocycles. The summed E-state index contributed by atoms with van der Waals surface area (Å²) in [6, 6.07) is 11.3. The van der Waals surface area contributed by atoms with Crippen LogP contribution in [0.15, 0.2) is 40.9 Å². The summed E-state index contributed by atoms with van der Waals surface area (Å²) in [5, 5.41) is 6.75. The average molecular weight is 315 g/mol. The number of aryl methyl sites for hydroxylation is 1. The first-order valence-corrected chi connectivity index (χ1v) is 7.53.